The van der Waals surface area contributed by atoms with Gasteiger partial charge in [0, 0.05) is 18.6 Å². The van der Waals surface area contributed by atoms with Crippen molar-refractivity contribution >= 4 is 21.6 Å². The Morgan fingerprint density at radius 2 is 1.70 bits per heavy atom. The number of hydrogen-bond donors (Lipinski definition) is 0. The summed E-state index contributed by atoms with van der Waals surface area (Å²) in [6, 6.07) is 11.7. The van der Waals surface area contributed by atoms with Crippen LogP contribution in [0.1, 0.15) is 6.42 Å². The van der Waals surface area contributed by atoms with Crippen LogP contribution in [0.15, 0.2) is 53.4 Å². The molecule has 4 nitrogen and oxygen atoms in total. The molecule has 0 saturated carbocycles. The van der Waals surface area contributed by atoms with E-state index in [1.807, 2.05) is 0 Å². The molecule has 0 saturated heterocycles. The van der Waals surface area contributed by atoms with Crippen molar-refractivity contribution in [3.05, 3.63) is 59.4 Å². The largest absolute Gasteiger partial charge is 0.494 e. The second-order valence-corrected chi connectivity index (χ2v) is 7.42. The molecule has 23 heavy (non-hydrogen) atoms. The molecule has 0 aromatic heterocycles. The molecule has 0 N–H and O–H groups in total. The van der Waals surface area contributed by atoms with Crippen LogP contribution in [0.5, 0.6) is 5.75 Å². The molecule has 0 aliphatic carbocycles. The number of sulfonamides is 1. The van der Waals surface area contributed by atoms with E-state index < -0.39 is 15.8 Å². The predicted molar refractivity (Wildman–Crippen MR) is 87.8 cm³/mol. The topological polar surface area (TPSA) is 46.6 Å². The van der Waals surface area contributed by atoms with Gasteiger partial charge >= 0.3 is 0 Å². The molecule has 0 aliphatic rings. The van der Waals surface area contributed by atoms with Gasteiger partial charge in [0.2, 0.25) is 10.0 Å². The van der Waals surface area contributed by atoms with Crippen molar-refractivity contribution < 1.29 is 17.5 Å². The zero-order chi connectivity index (χ0) is 16.9. The molecule has 0 atom stereocenters. The van der Waals surface area contributed by atoms with E-state index in [0.29, 0.717) is 30.3 Å². The Hall–Kier alpha value is -1.63. The maximum Gasteiger partial charge on any atom is 0.242 e. The highest BCUT2D eigenvalue weighted by Crippen LogP contribution is 2.17. The second-order valence-electron chi connectivity index (χ2n) is 4.94. The molecule has 0 fully saturated rings. The standard InChI is InChI=1S/C16H17ClFNO3S/c1-19(23(20,21)16-9-5-14(18)6-10-16)11-2-12-22-15-7-3-13(17)4-8-15/h3-10H,2,11-12H2,1H3. The first-order valence-electron chi connectivity index (χ1n) is 7.00. The highest BCUT2D eigenvalue weighted by Gasteiger charge is 2.20. The molecule has 0 spiro atoms. The van der Waals surface area contributed by atoms with E-state index in [-0.39, 0.29) is 4.90 Å². The van der Waals surface area contributed by atoms with Gasteiger partial charge in [-0.1, -0.05) is 11.6 Å². The zero-order valence-corrected chi connectivity index (χ0v) is 14.1. The summed E-state index contributed by atoms with van der Waals surface area (Å²) in [4.78, 5) is 0.0695. The van der Waals surface area contributed by atoms with Gasteiger partial charge in [-0.2, -0.15) is 0 Å². The molecule has 7 heteroatoms. The number of benzene rings is 2. The average Bonchev–Trinajstić information content (AvgIpc) is 2.53. The minimum absolute atomic E-state index is 0.0695. The lowest BCUT2D eigenvalue weighted by atomic mass is 10.3. The summed E-state index contributed by atoms with van der Waals surface area (Å²) in [5.41, 5.74) is 0. The van der Waals surface area contributed by atoms with E-state index in [9.17, 15) is 12.8 Å². The molecular weight excluding hydrogens is 341 g/mol. The van der Waals surface area contributed by atoms with Gasteiger partial charge in [-0.25, -0.2) is 17.1 Å². The van der Waals surface area contributed by atoms with E-state index in [0.717, 1.165) is 12.1 Å². The molecule has 0 amide bonds. The fraction of sp³-hybridized carbons (Fsp3) is 0.250. The molecule has 0 unspecified atom stereocenters. The first-order valence-corrected chi connectivity index (χ1v) is 8.81. The minimum Gasteiger partial charge on any atom is -0.494 e. The van der Waals surface area contributed by atoms with E-state index in [1.165, 1.54) is 23.5 Å². The van der Waals surface area contributed by atoms with E-state index in [2.05, 4.69) is 0 Å². The Morgan fingerprint density at radius 3 is 2.30 bits per heavy atom. The smallest absolute Gasteiger partial charge is 0.242 e. The van der Waals surface area contributed by atoms with Crippen LogP contribution in [0.25, 0.3) is 0 Å². The van der Waals surface area contributed by atoms with Crippen molar-refractivity contribution in [2.24, 2.45) is 0 Å². The van der Waals surface area contributed by atoms with Crippen molar-refractivity contribution in [2.75, 3.05) is 20.2 Å². The first kappa shape index (κ1) is 17.7. The lowest BCUT2D eigenvalue weighted by Crippen LogP contribution is -2.28. The molecular formula is C16H17ClFNO3S. The number of halogens is 2. The molecule has 124 valence electrons. The van der Waals surface area contributed by atoms with Crippen LogP contribution in [0, 0.1) is 5.82 Å². The molecule has 0 radical (unpaired) electrons. The van der Waals surface area contributed by atoms with Crippen LogP contribution in [-0.4, -0.2) is 32.9 Å². The van der Waals surface area contributed by atoms with Crippen LogP contribution < -0.4 is 4.74 Å². The Bertz CT molecular complexity index is 733. The highest BCUT2D eigenvalue weighted by atomic mass is 35.5. The number of rotatable bonds is 7. The number of ether oxygens (including phenoxy) is 1. The summed E-state index contributed by atoms with van der Waals surface area (Å²) in [5, 5.41) is 0.627. The third kappa shape index (κ3) is 4.92. The SMILES string of the molecule is CN(CCCOc1ccc(Cl)cc1)S(=O)(=O)c1ccc(F)cc1. The van der Waals surface area contributed by atoms with Crippen molar-refractivity contribution in [2.45, 2.75) is 11.3 Å². The zero-order valence-electron chi connectivity index (χ0n) is 12.6. The van der Waals surface area contributed by atoms with Crippen LogP contribution in [-0.2, 0) is 10.0 Å². The monoisotopic (exact) mass is 357 g/mol. The van der Waals surface area contributed by atoms with Crippen molar-refractivity contribution in [3.8, 4) is 5.75 Å². The quantitative estimate of drug-likeness (QED) is 0.712. The maximum atomic E-state index is 12.9. The minimum atomic E-state index is -3.61. The molecule has 0 aliphatic heterocycles. The summed E-state index contributed by atoms with van der Waals surface area (Å²) < 4.78 is 44.2. The summed E-state index contributed by atoms with van der Waals surface area (Å²) in [6.07, 6.45) is 0.527. The summed E-state index contributed by atoms with van der Waals surface area (Å²) in [5.74, 6) is 0.210. The Labute approximate surface area is 140 Å². The van der Waals surface area contributed by atoms with Gasteiger partial charge in [0.15, 0.2) is 0 Å². The summed E-state index contributed by atoms with van der Waals surface area (Å²) >= 11 is 5.78. The van der Waals surface area contributed by atoms with E-state index in [1.54, 1.807) is 24.3 Å². The second kappa shape index (κ2) is 7.77. The van der Waals surface area contributed by atoms with Crippen LogP contribution in [0.3, 0.4) is 0 Å². The van der Waals surface area contributed by atoms with E-state index >= 15 is 0 Å². The van der Waals surface area contributed by atoms with Gasteiger partial charge in [0.1, 0.15) is 11.6 Å². The van der Waals surface area contributed by atoms with Gasteiger partial charge in [-0.3, -0.25) is 0 Å². The third-order valence-corrected chi connectivity index (χ3v) is 5.34. The van der Waals surface area contributed by atoms with Gasteiger partial charge in [0.05, 0.1) is 11.5 Å². The van der Waals surface area contributed by atoms with Crippen LogP contribution in [0.2, 0.25) is 5.02 Å². The average molecular weight is 358 g/mol. The maximum absolute atomic E-state index is 12.9. The Kier molecular flexibility index (Phi) is 5.98. The Balaban J connectivity index is 1.85. The fourth-order valence-corrected chi connectivity index (χ4v) is 3.25. The lowest BCUT2D eigenvalue weighted by molar-refractivity contribution is 0.296. The number of hydrogen-bond acceptors (Lipinski definition) is 3. The van der Waals surface area contributed by atoms with Crippen molar-refractivity contribution in [3.63, 3.8) is 0 Å². The van der Waals surface area contributed by atoms with Gasteiger partial charge < -0.3 is 4.74 Å². The molecule has 0 heterocycles. The summed E-state index contributed by atoms with van der Waals surface area (Å²) in [6.45, 7) is 0.679. The Morgan fingerprint density at radius 1 is 1.09 bits per heavy atom. The highest BCUT2D eigenvalue weighted by molar-refractivity contribution is 7.89. The van der Waals surface area contributed by atoms with Gasteiger partial charge in [0.25, 0.3) is 0 Å². The van der Waals surface area contributed by atoms with Crippen LogP contribution in [0.4, 0.5) is 4.39 Å². The van der Waals surface area contributed by atoms with Crippen molar-refractivity contribution in [1.29, 1.82) is 0 Å². The lowest BCUT2D eigenvalue weighted by Gasteiger charge is -2.17. The van der Waals surface area contributed by atoms with Crippen molar-refractivity contribution in [1.82, 2.24) is 4.31 Å². The van der Waals surface area contributed by atoms with Crippen LogP contribution >= 0.6 is 11.6 Å². The van der Waals surface area contributed by atoms with E-state index in [4.69, 9.17) is 16.3 Å². The number of nitrogens with zero attached hydrogens (tertiary/aromatic N) is 1. The molecule has 0 bridgehead atoms. The first-order chi connectivity index (χ1) is 10.9. The van der Waals surface area contributed by atoms with Gasteiger partial charge in [-0.05, 0) is 55.0 Å². The molecule has 2 aromatic rings. The normalized spacial score (nSPS) is 11.7. The predicted octanol–water partition coefficient (Wildman–Crippen LogP) is 3.57. The molecule has 2 rings (SSSR count). The molecule has 2 aromatic carbocycles. The fourth-order valence-electron chi connectivity index (χ4n) is 1.91. The summed E-state index contributed by atoms with van der Waals surface area (Å²) in [7, 11) is -2.13. The van der Waals surface area contributed by atoms with Gasteiger partial charge in [-0.15, -0.1) is 0 Å². The third-order valence-electron chi connectivity index (χ3n) is 3.22.